The summed E-state index contributed by atoms with van der Waals surface area (Å²) in [5, 5.41) is 0. The highest BCUT2D eigenvalue weighted by Gasteiger charge is 2.42. The maximum absolute atomic E-state index is 12.0. The number of carbonyl (C=O) groups excluding carboxylic acids is 4. The van der Waals surface area contributed by atoms with Gasteiger partial charge in [-0.05, 0) is 27.7 Å². The molecular weight excluding hydrogens is 296 g/mol. The Morgan fingerprint density at radius 1 is 0.591 bits per heavy atom. The number of ether oxygens (including phenoxy) is 4. The minimum absolute atomic E-state index is 0.510. The topological polar surface area (TPSA) is 105 Å². The van der Waals surface area contributed by atoms with E-state index < -0.39 is 48.3 Å². The van der Waals surface area contributed by atoms with Gasteiger partial charge in [-0.25, -0.2) is 9.59 Å². The lowest BCUT2D eigenvalue weighted by Gasteiger charge is -2.24. The van der Waals surface area contributed by atoms with E-state index in [1.807, 2.05) is 0 Å². The highest BCUT2D eigenvalue weighted by atomic mass is 16.6. The molecule has 0 heterocycles. The van der Waals surface area contributed by atoms with Gasteiger partial charge in [-0.15, -0.1) is 0 Å². The molecule has 0 saturated heterocycles. The molecule has 0 aliphatic carbocycles. The van der Waals surface area contributed by atoms with Gasteiger partial charge in [-0.2, -0.15) is 0 Å². The summed E-state index contributed by atoms with van der Waals surface area (Å²) in [4.78, 5) is 46.3. The molecule has 0 saturated carbocycles. The van der Waals surface area contributed by atoms with E-state index in [2.05, 4.69) is 0 Å². The summed E-state index contributed by atoms with van der Waals surface area (Å²) >= 11 is 0. The molecule has 0 rings (SSSR count). The minimum atomic E-state index is -1.73. The molecule has 0 bridgehead atoms. The van der Waals surface area contributed by atoms with E-state index in [0.29, 0.717) is 0 Å². The van der Waals surface area contributed by atoms with Gasteiger partial charge in [0.1, 0.15) is 0 Å². The fourth-order valence-electron chi connectivity index (χ4n) is 1.42. The van der Waals surface area contributed by atoms with Crippen molar-refractivity contribution < 1.29 is 38.1 Å². The smallest absolute Gasteiger partial charge is 0.352 e. The number of carbonyl (C=O) groups is 4. The van der Waals surface area contributed by atoms with Crippen LogP contribution in [0.4, 0.5) is 0 Å². The number of esters is 4. The molecule has 0 N–H and O–H groups in total. The van der Waals surface area contributed by atoms with Crippen molar-refractivity contribution in [2.45, 2.75) is 66.0 Å². The van der Waals surface area contributed by atoms with Gasteiger partial charge < -0.3 is 18.9 Å². The Morgan fingerprint density at radius 2 is 0.864 bits per heavy atom. The van der Waals surface area contributed by atoms with Crippen molar-refractivity contribution in [3.05, 3.63) is 0 Å². The van der Waals surface area contributed by atoms with Crippen LogP contribution < -0.4 is 0 Å². The molecular formula is C14H22O8. The van der Waals surface area contributed by atoms with Crippen molar-refractivity contribution in [1.29, 1.82) is 0 Å². The maximum Gasteiger partial charge on any atom is 0.352 e. The molecule has 0 radical (unpaired) electrons. The van der Waals surface area contributed by atoms with Crippen LogP contribution in [0, 0.1) is 0 Å². The van der Waals surface area contributed by atoms with Gasteiger partial charge in [0, 0.05) is 13.8 Å². The molecule has 0 aromatic heterocycles. The third-order valence-corrected chi connectivity index (χ3v) is 2.03. The molecule has 0 aromatic rings. The summed E-state index contributed by atoms with van der Waals surface area (Å²) in [5.74, 6) is -3.67. The quantitative estimate of drug-likeness (QED) is 0.500. The molecule has 0 aromatic carbocycles. The number of hydrogen-bond acceptors (Lipinski definition) is 8. The first-order chi connectivity index (χ1) is 10.0. The highest BCUT2D eigenvalue weighted by molar-refractivity contribution is 5.89. The first kappa shape index (κ1) is 19.9. The van der Waals surface area contributed by atoms with Crippen molar-refractivity contribution >= 4 is 23.9 Å². The summed E-state index contributed by atoms with van der Waals surface area (Å²) < 4.78 is 19.4. The van der Waals surface area contributed by atoms with E-state index in [1.165, 1.54) is 0 Å². The van der Waals surface area contributed by atoms with Crippen LogP contribution in [-0.4, -0.2) is 48.3 Å². The summed E-state index contributed by atoms with van der Waals surface area (Å²) in [5.41, 5.74) is 0. The first-order valence-corrected chi connectivity index (χ1v) is 6.80. The normalized spacial score (nSPS) is 13.3. The van der Waals surface area contributed by atoms with Crippen LogP contribution >= 0.6 is 0 Å². The zero-order chi connectivity index (χ0) is 17.4. The molecule has 2 atom stereocenters. The SMILES string of the molecule is CC(=O)O[C@@H](C(=O)OC(C)C)[C@@H](OC(C)=O)C(=O)OC(C)C. The average Bonchev–Trinajstić information content (AvgIpc) is 2.30. The first-order valence-electron chi connectivity index (χ1n) is 6.80. The van der Waals surface area contributed by atoms with E-state index in [0.717, 1.165) is 13.8 Å². The molecule has 0 aliphatic heterocycles. The van der Waals surface area contributed by atoms with Crippen molar-refractivity contribution in [2.75, 3.05) is 0 Å². The van der Waals surface area contributed by atoms with Crippen molar-refractivity contribution in [1.82, 2.24) is 0 Å². The predicted octanol–water partition coefficient (Wildman–Crippen LogP) is 0.753. The Labute approximate surface area is 129 Å². The van der Waals surface area contributed by atoms with E-state index in [1.54, 1.807) is 27.7 Å². The van der Waals surface area contributed by atoms with Crippen LogP contribution in [0.2, 0.25) is 0 Å². The Hall–Kier alpha value is -2.12. The molecule has 126 valence electrons. The van der Waals surface area contributed by atoms with Crippen molar-refractivity contribution in [3.63, 3.8) is 0 Å². The summed E-state index contributed by atoms with van der Waals surface area (Å²) in [6.07, 6.45) is -4.47. The zero-order valence-corrected chi connectivity index (χ0v) is 13.6. The van der Waals surface area contributed by atoms with Crippen LogP contribution in [0.1, 0.15) is 41.5 Å². The van der Waals surface area contributed by atoms with Crippen LogP contribution in [0.15, 0.2) is 0 Å². The summed E-state index contributed by atoms with van der Waals surface area (Å²) in [6.45, 7) is 8.42. The van der Waals surface area contributed by atoms with E-state index in [4.69, 9.17) is 18.9 Å². The lowest BCUT2D eigenvalue weighted by molar-refractivity contribution is -0.193. The molecule has 8 nitrogen and oxygen atoms in total. The van der Waals surface area contributed by atoms with E-state index in [9.17, 15) is 19.2 Å². The van der Waals surface area contributed by atoms with Gasteiger partial charge in [0.15, 0.2) is 0 Å². The second-order valence-corrected chi connectivity index (χ2v) is 5.03. The molecule has 8 heteroatoms. The molecule has 0 aliphatic rings. The Balaban J connectivity index is 5.41. The largest absolute Gasteiger partial charge is 0.460 e. The van der Waals surface area contributed by atoms with E-state index in [-0.39, 0.29) is 0 Å². The fourth-order valence-corrected chi connectivity index (χ4v) is 1.42. The third kappa shape index (κ3) is 7.61. The monoisotopic (exact) mass is 318 g/mol. The Bertz CT molecular complexity index is 387. The average molecular weight is 318 g/mol. The molecule has 0 unspecified atom stereocenters. The summed E-state index contributed by atoms with van der Waals surface area (Å²) in [6, 6.07) is 0. The molecule has 0 fully saturated rings. The number of rotatable bonds is 7. The molecule has 0 spiro atoms. The van der Waals surface area contributed by atoms with E-state index >= 15 is 0 Å². The van der Waals surface area contributed by atoms with Crippen molar-refractivity contribution in [2.24, 2.45) is 0 Å². The minimum Gasteiger partial charge on any atom is -0.460 e. The lowest BCUT2D eigenvalue weighted by atomic mass is 10.2. The number of hydrogen-bond donors (Lipinski definition) is 0. The predicted molar refractivity (Wildman–Crippen MR) is 73.6 cm³/mol. The molecule has 22 heavy (non-hydrogen) atoms. The highest BCUT2D eigenvalue weighted by Crippen LogP contribution is 2.12. The Morgan fingerprint density at radius 3 is 1.05 bits per heavy atom. The standard InChI is InChI=1S/C14H22O8/c1-7(2)19-13(17)11(21-9(5)15)12(22-10(6)16)14(18)20-8(3)4/h7-8,11-12H,1-6H3/t11-,12-/m1/s1. The van der Waals surface area contributed by atoms with Gasteiger partial charge in [-0.1, -0.05) is 0 Å². The Kier molecular flexibility index (Phi) is 8.14. The second kappa shape index (κ2) is 9.01. The van der Waals surface area contributed by atoms with Gasteiger partial charge in [-0.3, -0.25) is 9.59 Å². The van der Waals surface area contributed by atoms with Crippen LogP contribution in [0.3, 0.4) is 0 Å². The maximum atomic E-state index is 12.0. The van der Waals surface area contributed by atoms with Crippen LogP contribution in [-0.2, 0) is 38.1 Å². The lowest BCUT2D eigenvalue weighted by Crippen LogP contribution is -2.47. The van der Waals surface area contributed by atoms with Crippen molar-refractivity contribution in [3.8, 4) is 0 Å². The zero-order valence-electron chi connectivity index (χ0n) is 13.6. The third-order valence-electron chi connectivity index (χ3n) is 2.03. The van der Waals surface area contributed by atoms with Gasteiger partial charge in [0.25, 0.3) is 0 Å². The van der Waals surface area contributed by atoms with Crippen LogP contribution in [0.25, 0.3) is 0 Å². The van der Waals surface area contributed by atoms with Gasteiger partial charge in [0.05, 0.1) is 12.2 Å². The van der Waals surface area contributed by atoms with Gasteiger partial charge >= 0.3 is 23.9 Å². The second-order valence-electron chi connectivity index (χ2n) is 5.03. The van der Waals surface area contributed by atoms with Gasteiger partial charge in [0.2, 0.25) is 12.2 Å². The molecule has 0 amide bonds. The fraction of sp³-hybridized carbons (Fsp3) is 0.714. The van der Waals surface area contributed by atoms with Crippen LogP contribution in [0.5, 0.6) is 0 Å². The summed E-state index contributed by atoms with van der Waals surface area (Å²) in [7, 11) is 0.